The molecular formula is C31H30F3N3O2. The highest BCUT2D eigenvalue weighted by atomic mass is 19.4. The highest BCUT2D eigenvalue weighted by molar-refractivity contribution is 6.04. The first kappa shape index (κ1) is 25.6. The van der Waals surface area contributed by atoms with E-state index in [4.69, 9.17) is 0 Å². The van der Waals surface area contributed by atoms with Crippen molar-refractivity contribution in [3.63, 3.8) is 0 Å². The Morgan fingerprint density at radius 3 is 2.41 bits per heavy atom. The van der Waals surface area contributed by atoms with Crippen molar-refractivity contribution < 1.29 is 22.7 Å². The number of alkyl halides is 3. The van der Waals surface area contributed by atoms with Gasteiger partial charge in [0.05, 0.1) is 5.56 Å². The molecule has 0 saturated carbocycles. The van der Waals surface area contributed by atoms with E-state index in [1.807, 2.05) is 12.3 Å². The van der Waals surface area contributed by atoms with Gasteiger partial charge in [0.15, 0.2) is 0 Å². The Kier molecular flexibility index (Phi) is 6.89. The van der Waals surface area contributed by atoms with Crippen LogP contribution < -0.4 is 4.74 Å². The number of carbonyl (C=O) groups is 1. The van der Waals surface area contributed by atoms with Crippen molar-refractivity contribution in [2.24, 2.45) is 5.92 Å². The van der Waals surface area contributed by atoms with Crippen LogP contribution >= 0.6 is 0 Å². The Morgan fingerprint density at radius 2 is 1.74 bits per heavy atom. The van der Waals surface area contributed by atoms with Gasteiger partial charge >= 0.3 is 6.36 Å². The van der Waals surface area contributed by atoms with Crippen molar-refractivity contribution in [3.05, 3.63) is 100 Å². The number of benzene rings is 2. The standard InChI is InChI=1S/C31H30F3N3O2/c32-31(33,34)39-27-7-3-22(4-8-27)19-37-20-26-15-24(16-28(25-5-6-25)29(26)30(37)38)14-21-9-12-36(13-10-21)18-23-2-1-11-35-17-23/h1-5,7-8,11,15-17,21H,6,9-10,12-14,18-20H2. The van der Waals surface area contributed by atoms with Crippen LogP contribution in [0.1, 0.15) is 57.4 Å². The SMILES string of the molecule is O=C1c2c(cc(CC3CCN(Cc4cccnc4)CC3)cc2C2=CC2)CN1Cc1ccc(OC(F)(F)F)cc1. The highest BCUT2D eigenvalue weighted by Crippen LogP contribution is 2.40. The zero-order chi connectivity index (χ0) is 27.0. The summed E-state index contributed by atoms with van der Waals surface area (Å²) in [5.41, 5.74) is 7.40. The molecule has 0 spiro atoms. The van der Waals surface area contributed by atoms with Crippen LogP contribution in [0.3, 0.4) is 0 Å². The van der Waals surface area contributed by atoms with E-state index < -0.39 is 6.36 Å². The summed E-state index contributed by atoms with van der Waals surface area (Å²) in [6, 6.07) is 14.2. The molecule has 1 fully saturated rings. The molecule has 2 aliphatic heterocycles. The predicted octanol–water partition coefficient (Wildman–Crippen LogP) is 6.38. The first-order valence-electron chi connectivity index (χ1n) is 13.4. The van der Waals surface area contributed by atoms with E-state index in [2.05, 4.69) is 38.9 Å². The van der Waals surface area contributed by atoms with E-state index in [0.717, 1.165) is 67.6 Å². The maximum absolute atomic E-state index is 13.4. The van der Waals surface area contributed by atoms with Gasteiger partial charge < -0.3 is 9.64 Å². The number of aromatic nitrogens is 1. The molecule has 0 radical (unpaired) electrons. The lowest BCUT2D eigenvalue weighted by Gasteiger charge is -2.32. The molecule has 0 N–H and O–H groups in total. The predicted molar refractivity (Wildman–Crippen MR) is 142 cm³/mol. The minimum atomic E-state index is -4.73. The molecule has 6 rings (SSSR count). The van der Waals surface area contributed by atoms with E-state index in [9.17, 15) is 18.0 Å². The largest absolute Gasteiger partial charge is 0.573 e. The number of piperidine rings is 1. The summed E-state index contributed by atoms with van der Waals surface area (Å²) in [5, 5.41) is 0. The Balaban J connectivity index is 1.11. The normalized spacial score (nSPS) is 17.8. The van der Waals surface area contributed by atoms with Crippen LogP contribution in [0.15, 0.2) is 67.0 Å². The molecule has 8 heteroatoms. The molecule has 0 atom stereocenters. The van der Waals surface area contributed by atoms with Crippen LogP contribution in [-0.4, -0.2) is 40.1 Å². The van der Waals surface area contributed by atoms with Crippen LogP contribution in [0, 0.1) is 5.92 Å². The second-order valence-electron chi connectivity index (χ2n) is 10.7. The number of halogens is 3. The first-order chi connectivity index (χ1) is 18.8. The highest BCUT2D eigenvalue weighted by Gasteiger charge is 2.34. The third-order valence-corrected chi connectivity index (χ3v) is 7.79. The van der Waals surface area contributed by atoms with Gasteiger partial charge in [0, 0.05) is 32.0 Å². The van der Waals surface area contributed by atoms with Gasteiger partial charge in [-0.25, -0.2) is 0 Å². The molecule has 3 heterocycles. The van der Waals surface area contributed by atoms with E-state index in [1.165, 1.54) is 28.8 Å². The second-order valence-corrected chi connectivity index (χ2v) is 10.7. The molecule has 1 aromatic heterocycles. The number of nitrogens with zero attached hydrogens (tertiary/aromatic N) is 3. The van der Waals surface area contributed by atoms with E-state index >= 15 is 0 Å². The molecule has 1 amide bonds. The quantitative estimate of drug-likeness (QED) is 0.337. The minimum Gasteiger partial charge on any atom is -0.406 e. The van der Waals surface area contributed by atoms with Crippen molar-refractivity contribution >= 4 is 11.5 Å². The minimum absolute atomic E-state index is 0.0151. The maximum atomic E-state index is 13.4. The van der Waals surface area contributed by atoms with Gasteiger partial charge in [0.2, 0.25) is 0 Å². The van der Waals surface area contributed by atoms with Crippen molar-refractivity contribution in [2.75, 3.05) is 13.1 Å². The summed E-state index contributed by atoms with van der Waals surface area (Å²) >= 11 is 0. The lowest BCUT2D eigenvalue weighted by molar-refractivity contribution is -0.274. The lowest BCUT2D eigenvalue weighted by atomic mass is 9.87. The molecule has 202 valence electrons. The van der Waals surface area contributed by atoms with Gasteiger partial charge in [-0.15, -0.1) is 13.2 Å². The zero-order valence-corrected chi connectivity index (χ0v) is 21.6. The fourth-order valence-corrected chi connectivity index (χ4v) is 5.80. The number of hydrogen-bond acceptors (Lipinski definition) is 4. The third kappa shape index (κ3) is 6.17. The number of amides is 1. The molecule has 1 saturated heterocycles. The Morgan fingerprint density at radius 1 is 0.974 bits per heavy atom. The number of carbonyl (C=O) groups excluding carboxylic acids is 1. The fraction of sp³-hybridized carbons (Fsp3) is 0.355. The summed E-state index contributed by atoms with van der Waals surface area (Å²) in [5.74, 6) is 0.330. The average molecular weight is 534 g/mol. The van der Waals surface area contributed by atoms with Crippen LogP contribution in [0.4, 0.5) is 13.2 Å². The van der Waals surface area contributed by atoms with Crippen LogP contribution in [-0.2, 0) is 26.1 Å². The number of ether oxygens (including phenoxy) is 1. The summed E-state index contributed by atoms with van der Waals surface area (Å²) in [6.07, 6.45) is 5.39. The van der Waals surface area contributed by atoms with Crippen molar-refractivity contribution in [1.29, 1.82) is 0 Å². The van der Waals surface area contributed by atoms with Gasteiger partial charge in [-0.2, -0.15) is 0 Å². The molecule has 0 unspecified atom stereocenters. The fourth-order valence-electron chi connectivity index (χ4n) is 5.80. The summed E-state index contributed by atoms with van der Waals surface area (Å²) in [6.45, 7) is 3.92. The van der Waals surface area contributed by atoms with Gasteiger partial charge in [-0.05, 0) is 96.3 Å². The van der Waals surface area contributed by atoms with Crippen molar-refractivity contribution in [1.82, 2.24) is 14.8 Å². The smallest absolute Gasteiger partial charge is 0.406 e. The van der Waals surface area contributed by atoms with Gasteiger partial charge in [0.1, 0.15) is 5.75 Å². The third-order valence-electron chi connectivity index (χ3n) is 7.79. The zero-order valence-electron chi connectivity index (χ0n) is 21.6. The number of hydrogen-bond donors (Lipinski definition) is 0. The topological polar surface area (TPSA) is 45.7 Å². The van der Waals surface area contributed by atoms with Crippen LogP contribution in [0.2, 0.25) is 0 Å². The van der Waals surface area contributed by atoms with E-state index in [1.54, 1.807) is 23.2 Å². The molecule has 3 aromatic rings. The molecule has 1 aliphatic carbocycles. The second kappa shape index (κ2) is 10.5. The molecule has 5 nitrogen and oxygen atoms in total. The van der Waals surface area contributed by atoms with E-state index in [-0.39, 0.29) is 11.7 Å². The first-order valence-corrected chi connectivity index (χ1v) is 13.4. The summed E-state index contributed by atoms with van der Waals surface area (Å²) in [4.78, 5) is 21.9. The monoisotopic (exact) mass is 533 g/mol. The van der Waals surface area contributed by atoms with Crippen LogP contribution in [0.25, 0.3) is 5.57 Å². The Labute approximate surface area is 225 Å². The molecule has 3 aliphatic rings. The lowest BCUT2D eigenvalue weighted by Crippen LogP contribution is -2.33. The number of fused-ring (bicyclic) bond motifs is 1. The number of pyridine rings is 1. The van der Waals surface area contributed by atoms with Crippen molar-refractivity contribution in [3.8, 4) is 5.75 Å². The Hall–Kier alpha value is -3.65. The summed E-state index contributed by atoms with van der Waals surface area (Å²) < 4.78 is 41.4. The Bertz CT molecular complexity index is 1380. The van der Waals surface area contributed by atoms with Crippen molar-refractivity contribution in [2.45, 2.75) is 51.7 Å². The average Bonchev–Trinajstić information content (AvgIpc) is 3.71. The summed E-state index contributed by atoms with van der Waals surface area (Å²) in [7, 11) is 0. The molecule has 0 bridgehead atoms. The number of rotatable bonds is 8. The number of likely N-dealkylation sites (tertiary alicyclic amines) is 1. The maximum Gasteiger partial charge on any atom is 0.573 e. The molecule has 39 heavy (non-hydrogen) atoms. The van der Waals surface area contributed by atoms with Gasteiger partial charge in [-0.1, -0.05) is 36.4 Å². The molecular weight excluding hydrogens is 503 g/mol. The molecule has 2 aromatic carbocycles. The van der Waals surface area contributed by atoms with Gasteiger partial charge in [0.25, 0.3) is 5.91 Å². The number of allylic oxidation sites excluding steroid dienone is 2. The van der Waals surface area contributed by atoms with E-state index in [0.29, 0.717) is 19.0 Å². The van der Waals surface area contributed by atoms with Crippen LogP contribution in [0.5, 0.6) is 5.75 Å². The van der Waals surface area contributed by atoms with Gasteiger partial charge in [-0.3, -0.25) is 14.7 Å².